The lowest BCUT2D eigenvalue weighted by Crippen LogP contribution is -2.45. The molecular weight excluding hydrogens is 271 g/mol. The van der Waals surface area contributed by atoms with E-state index >= 15 is 0 Å². The van der Waals surface area contributed by atoms with Crippen molar-refractivity contribution in [1.29, 1.82) is 0 Å². The molecule has 116 valence electrons. The summed E-state index contributed by atoms with van der Waals surface area (Å²) in [6.45, 7) is 3.33. The highest BCUT2D eigenvalue weighted by atomic mass is 19.1. The topological polar surface area (TPSA) is 32.8 Å². The molecule has 1 heterocycles. The molecule has 1 aliphatic heterocycles. The molecule has 21 heavy (non-hydrogen) atoms. The quantitative estimate of drug-likeness (QED) is 0.834. The highest BCUT2D eigenvalue weighted by Gasteiger charge is 2.31. The molecular formula is C16H23FN2O2. The third-order valence-electron chi connectivity index (χ3n) is 3.87. The molecule has 0 bridgehead atoms. The maximum atomic E-state index is 12.9. The van der Waals surface area contributed by atoms with Gasteiger partial charge in [0.1, 0.15) is 17.7 Å². The van der Waals surface area contributed by atoms with E-state index in [2.05, 4.69) is 0 Å². The summed E-state index contributed by atoms with van der Waals surface area (Å²) in [6, 6.07) is 5.93. The van der Waals surface area contributed by atoms with Crippen LogP contribution in [0.3, 0.4) is 0 Å². The van der Waals surface area contributed by atoms with Gasteiger partial charge < -0.3 is 9.64 Å². The van der Waals surface area contributed by atoms with E-state index in [1.165, 1.54) is 12.1 Å². The molecule has 0 aliphatic carbocycles. The van der Waals surface area contributed by atoms with Crippen molar-refractivity contribution in [2.45, 2.75) is 31.9 Å². The molecule has 2 atom stereocenters. The van der Waals surface area contributed by atoms with Gasteiger partial charge in [0, 0.05) is 13.0 Å². The number of nitrogens with zero attached hydrogens (tertiary/aromatic N) is 2. The molecule has 0 saturated carbocycles. The number of ether oxygens (including phenoxy) is 1. The van der Waals surface area contributed by atoms with E-state index in [1.807, 2.05) is 30.8 Å². The van der Waals surface area contributed by atoms with Crippen molar-refractivity contribution >= 4 is 5.91 Å². The fraction of sp³-hybridized carbons (Fsp3) is 0.562. The summed E-state index contributed by atoms with van der Waals surface area (Å²) in [5.74, 6) is 0.533. The first-order valence-electron chi connectivity index (χ1n) is 7.38. The number of amides is 1. The van der Waals surface area contributed by atoms with Crippen molar-refractivity contribution in [3.05, 3.63) is 30.1 Å². The van der Waals surface area contributed by atoms with Crippen LogP contribution in [0.4, 0.5) is 4.39 Å². The lowest BCUT2D eigenvalue weighted by atomic mass is 10.2. The van der Waals surface area contributed by atoms with Crippen LogP contribution in [-0.2, 0) is 4.79 Å². The molecule has 0 aromatic heterocycles. The number of benzene rings is 1. The van der Waals surface area contributed by atoms with Gasteiger partial charge in [-0.2, -0.15) is 0 Å². The molecule has 4 nitrogen and oxygen atoms in total. The van der Waals surface area contributed by atoms with Crippen LogP contribution in [-0.4, -0.2) is 55.0 Å². The van der Waals surface area contributed by atoms with Gasteiger partial charge >= 0.3 is 0 Å². The van der Waals surface area contributed by atoms with Crippen molar-refractivity contribution in [3.63, 3.8) is 0 Å². The summed E-state index contributed by atoms with van der Waals surface area (Å²) in [5, 5.41) is 0. The van der Waals surface area contributed by atoms with Crippen LogP contribution in [0, 0.1) is 5.82 Å². The predicted molar refractivity (Wildman–Crippen MR) is 79.8 cm³/mol. The fourth-order valence-corrected chi connectivity index (χ4v) is 2.70. The van der Waals surface area contributed by atoms with E-state index in [0.29, 0.717) is 12.3 Å². The zero-order chi connectivity index (χ0) is 15.4. The molecule has 1 amide bonds. The van der Waals surface area contributed by atoms with Crippen LogP contribution in [0.2, 0.25) is 0 Å². The first-order chi connectivity index (χ1) is 10.0. The van der Waals surface area contributed by atoms with E-state index in [-0.39, 0.29) is 23.9 Å². The third-order valence-corrected chi connectivity index (χ3v) is 3.87. The van der Waals surface area contributed by atoms with E-state index in [9.17, 15) is 9.18 Å². The SMILES string of the molecule is CC[C@@H](C(=O)N1CC[C@H](Oc2ccc(F)cc2)C1)N(C)C. The number of carbonyl (C=O) groups excluding carboxylic acids is 1. The standard InChI is InChI=1S/C16H23FN2O2/c1-4-15(18(2)3)16(20)19-10-9-14(11-19)21-13-7-5-12(17)6-8-13/h5-8,14-15H,4,9-11H2,1-3H3/t14-,15-/m0/s1. The normalized spacial score (nSPS) is 19.9. The van der Waals surface area contributed by atoms with Crippen LogP contribution >= 0.6 is 0 Å². The van der Waals surface area contributed by atoms with Crippen molar-refractivity contribution in [1.82, 2.24) is 9.80 Å². The summed E-state index contributed by atoms with van der Waals surface area (Å²) in [5.41, 5.74) is 0. The Kier molecular flexibility index (Phi) is 5.17. The minimum absolute atomic E-state index is 0.0147. The Balaban J connectivity index is 1.91. The van der Waals surface area contributed by atoms with Gasteiger partial charge in [0.15, 0.2) is 0 Å². The molecule has 1 saturated heterocycles. The number of likely N-dealkylation sites (tertiary alicyclic amines) is 1. The molecule has 0 spiro atoms. The van der Waals surface area contributed by atoms with Gasteiger partial charge in [-0.15, -0.1) is 0 Å². The molecule has 0 radical (unpaired) electrons. The average Bonchev–Trinajstić information content (AvgIpc) is 2.90. The summed E-state index contributed by atoms with van der Waals surface area (Å²) < 4.78 is 18.7. The first-order valence-corrected chi connectivity index (χ1v) is 7.38. The summed E-state index contributed by atoms with van der Waals surface area (Å²) in [6.07, 6.45) is 1.60. The predicted octanol–water partition coefficient (Wildman–Crippen LogP) is 2.15. The Morgan fingerprint density at radius 1 is 1.43 bits per heavy atom. The van der Waals surface area contributed by atoms with Gasteiger partial charge in [0.25, 0.3) is 0 Å². The molecule has 1 aromatic carbocycles. The number of carbonyl (C=O) groups is 1. The van der Waals surface area contributed by atoms with Crippen LogP contribution in [0.15, 0.2) is 24.3 Å². The molecule has 2 rings (SSSR count). The largest absolute Gasteiger partial charge is 0.489 e. The van der Waals surface area contributed by atoms with Gasteiger partial charge in [0.05, 0.1) is 12.6 Å². The zero-order valence-electron chi connectivity index (χ0n) is 12.9. The number of likely N-dealkylation sites (N-methyl/N-ethyl adjacent to an activating group) is 1. The lowest BCUT2D eigenvalue weighted by Gasteiger charge is -2.27. The molecule has 1 aromatic rings. The van der Waals surface area contributed by atoms with Crippen LogP contribution in [0.5, 0.6) is 5.75 Å². The second-order valence-electron chi connectivity index (χ2n) is 5.65. The Hall–Kier alpha value is -1.62. The molecule has 0 N–H and O–H groups in total. The fourth-order valence-electron chi connectivity index (χ4n) is 2.70. The van der Waals surface area contributed by atoms with E-state index in [0.717, 1.165) is 19.4 Å². The average molecular weight is 294 g/mol. The van der Waals surface area contributed by atoms with Gasteiger partial charge in [0.2, 0.25) is 5.91 Å². The lowest BCUT2D eigenvalue weighted by molar-refractivity contribution is -0.135. The maximum Gasteiger partial charge on any atom is 0.240 e. The Morgan fingerprint density at radius 2 is 2.10 bits per heavy atom. The molecule has 0 unspecified atom stereocenters. The highest BCUT2D eigenvalue weighted by molar-refractivity contribution is 5.82. The number of hydrogen-bond donors (Lipinski definition) is 0. The Morgan fingerprint density at radius 3 is 2.67 bits per heavy atom. The second kappa shape index (κ2) is 6.89. The summed E-state index contributed by atoms with van der Waals surface area (Å²) >= 11 is 0. The minimum atomic E-state index is -0.276. The summed E-state index contributed by atoms with van der Waals surface area (Å²) in [7, 11) is 3.85. The third kappa shape index (κ3) is 3.94. The highest BCUT2D eigenvalue weighted by Crippen LogP contribution is 2.20. The first kappa shape index (κ1) is 15.8. The molecule has 1 fully saturated rings. The van der Waals surface area contributed by atoms with Gasteiger partial charge in [-0.25, -0.2) is 4.39 Å². The van der Waals surface area contributed by atoms with Crippen LogP contribution in [0.1, 0.15) is 19.8 Å². The molecule has 1 aliphatic rings. The van der Waals surface area contributed by atoms with Crippen molar-refractivity contribution < 1.29 is 13.9 Å². The monoisotopic (exact) mass is 294 g/mol. The smallest absolute Gasteiger partial charge is 0.240 e. The zero-order valence-corrected chi connectivity index (χ0v) is 12.9. The number of hydrogen-bond acceptors (Lipinski definition) is 3. The van der Waals surface area contributed by atoms with Gasteiger partial charge in [-0.3, -0.25) is 9.69 Å². The molecule has 5 heteroatoms. The number of halogens is 1. The maximum absolute atomic E-state index is 12.9. The van der Waals surface area contributed by atoms with E-state index in [4.69, 9.17) is 4.74 Å². The minimum Gasteiger partial charge on any atom is -0.489 e. The van der Waals surface area contributed by atoms with Crippen LogP contribution < -0.4 is 4.74 Å². The Bertz CT molecular complexity index is 476. The van der Waals surface area contributed by atoms with E-state index < -0.39 is 0 Å². The van der Waals surface area contributed by atoms with Crippen LogP contribution in [0.25, 0.3) is 0 Å². The number of rotatable bonds is 5. The summed E-state index contributed by atoms with van der Waals surface area (Å²) in [4.78, 5) is 16.3. The van der Waals surface area contributed by atoms with Gasteiger partial charge in [-0.1, -0.05) is 6.92 Å². The van der Waals surface area contributed by atoms with Crippen molar-refractivity contribution in [2.75, 3.05) is 27.2 Å². The second-order valence-corrected chi connectivity index (χ2v) is 5.65. The van der Waals surface area contributed by atoms with Crippen molar-refractivity contribution in [3.8, 4) is 5.75 Å². The van der Waals surface area contributed by atoms with Gasteiger partial charge in [-0.05, 0) is 44.8 Å². The Labute approximate surface area is 125 Å². The van der Waals surface area contributed by atoms with E-state index in [1.54, 1.807) is 12.1 Å². The van der Waals surface area contributed by atoms with Crippen molar-refractivity contribution in [2.24, 2.45) is 0 Å².